The van der Waals surface area contributed by atoms with Crippen molar-refractivity contribution in [1.82, 2.24) is 0 Å². The molecule has 2 amide bonds. The molecule has 0 fully saturated rings. The van der Waals surface area contributed by atoms with Gasteiger partial charge >= 0.3 is 5.97 Å². The summed E-state index contributed by atoms with van der Waals surface area (Å²) in [7, 11) is 0. The molecule has 0 saturated carbocycles. The summed E-state index contributed by atoms with van der Waals surface area (Å²) in [5.74, 6) is -1.38. The quantitative estimate of drug-likeness (QED) is 0.371. The number of carbonyl (C=O) groups excluding carboxylic acids is 2. The van der Waals surface area contributed by atoms with Gasteiger partial charge < -0.3 is 15.7 Å². The topological polar surface area (TPSA) is 95.5 Å². The molecule has 0 radical (unpaired) electrons. The Kier molecular flexibility index (Phi) is 8.05. The lowest BCUT2D eigenvalue weighted by atomic mass is 10.1. The molecule has 6 nitrogen and oxygen atoms in total. The van der Waals surface area contributed by atoms with Crippen LogP contribution < -0.4 is 10.6 Å². The minimum atomic E-state index is -1.06. The van der Waals surface area contributed by atoms with Crippen molar-refractivity contribution >= 4 is 40.9 Å². The highest BCUT2D eigenvalue weighted by Crippen LogP contribution is 2.37. The summed E-state index contributed by atoms with van der Waals surface area (Å²) >= 11 is 1.35. The summed E-state index contributed by atoms with van der Waals surface area (Å²) in [6.45, 7) is 1.95. The number of hydrogen-bond acceptors (Lipinski definition) is 4. The van der Waals surface area contributed by atoms with E-state index in [1.54, 1.807) is 12.1 Å². The molecule has 3 rings (SSSR count). The second-order valence-electron chi connectivity index (χ2n) is 7.11. The van der Waals surface area contributed by atoms with Gasteiger partial charge in [0.2, 0.25) is 11.8 Å². The maximum absolute atomic E-state index is 13.2. The van der Waals surface area contributed by atoms with E-state index in [1.807, 2.05) is 61.5 Å². The van der Waals surface area contributed by atoms with E-state index < -0.39 is 11.2 Å². The predicted octanol–water partition coefficient (Wildman–Crippen LogP) is 5.60. The normalized spacial score (nSPS) is 11.4. The number of benzene rings is 3. The van der Waals surface area contributed by atoms with Crippen molar-refractivity contribution in [2.45, 2.75) is 29.9 Å². The van der Waals surface area contributed by atoms with Crippen LogP contribution in [-0.4, -0.2) is 22.9 Å². The minimum absolute atomic E-state index is 0.0506. The summed E-state index contributed by atoms with van der Waals surface area (Å²) in [4.78, 5) is 37.2. The number of hydrogen-bond donors (Lipinski definition) is 3. The Balaban J connectivity index is 1.83. The second kappa shape index (κ2) is 11.2. The summed E-state index contributed by atoms with van der Waals surface area (Å²) in [6.07, 6.45) is 1.21. The van der Waals surface area contributed by atoms with Crippen LogP contribution in [0.5, 0.6) is 0 Å². The highest BCUT2D eigenvalue weighted by atomic mass is 32.2. The molecule has 3 N–H and O–H groups in total. The number of carboxylic acid groups (broad SMARTS) is 1. The zero-order valence-corrected chi connectivity index (χ0v) is 18.4. The number of thioether (sulfide) groups is 1. The number of amides is 2. The van der Waals surface area contributed by atoms with Crippen molar-refractivity contribution in [3.63, 3.8) is 0 Å². The fourth-order valence-corrected chi connectivity index (χ4v) is 4.16. The number of rotatable bonds is 9. The zero-order chi connectivity index (χ0) is 22.9. The average molecular weight is 449 g/mol. The molecule has 0 bridgehead atoms. The zero-order valence-electron chi connectivity index (χ0n) is 17.6. The Labute approximate surface area is 191 Å². The van der Waals surface area contributed by atoms with E-state index in [4.69, 9.17) is 0 Å². The van der Waals surface area contributed by atoms with E-state index >= 15 is 0 Å². The van der Waals surface area contributed by atoms with Gasteiger partial charge in [-0.25, -0.2) is 4.79 Å². The Bertz CT molecular complexity index is 1100. The lowest BCUT2D eigenvalue weighted by molar-refractivity contribution is -0.116. The van der Waals surface area contributed by atoms with Crippen LogP contribution in [0.15, 0.2) is 83.8 Å². The van der Waals surface area contributed by atoms with Gasteiger partial charge in [0.25, 0.3) is 0 Å². The smallest absolute Gasteiger partial charge is 0.335 e. The summed E-state index contributed by atoms with van der Waals surface area (Å²) in [5.41, 5.74) is 2.00. The van der Waals surface area contributed by atoms with Gasteiger partial charge in [-0.1, -0.05) is 49.4 Å². The molecule has 0 aliphatic rings. The third-order valence-electron chi connectivity index (χ3n) is 4.57. The first-order chi connectivity index (χ1) is 15.5. The van der Waals surface area contributed by atoms with E-state index in [9.17, 15) is 19.5 Å². The van der Waals surface area contributed by atoms with Crippen molar-refractivity contribution in [3.05, 3.63) is 90.0 Å². The van der Waals surface area contributed by atoms with Gasteiger partial charge in [-0.15, -0.1) is 11.8 Å². The van der Waals surface area contributed by atoms with E-state index in [-0.39, 0.29) is 17.4 Å². The summed E-state index contributed by atoms with van der Waals surface area (Å²) < 4.78 is 0. The van der Waals surface area contributed by atoms with E-state index in [1.165, 1.54) is 23.9 Å². The molecule has 164 valence electrons. The van der Waals surface area contributed by atoms with Crippen LogP contribution in [0, 0.1) is 0 Å². The first-order valence-electron chi connectivity index (χ1n) is 10.2. The van der Waals surface area contributed by atoms with Gasteiger partial charge in [-0.2, -0.15) is 0 Å². The first-order valence-corrected chi connectivity index (χ1v) is 11.1. The lowest BCUT2D eigenvalue weighted by Gasteiger charge is -2.18. The standard InChI is InChI=1S/C25H24N2O4S/c1-2-8-22(28)26-20-13-7-14-21(16-20)32-23(17-9-4-3-5-10-17)24(29)27-19-12-6-11-18(15-19)25(30)31/h3-7,9-16,23H,2,8H2,1H3,(H,26,28)(H,27,29)(H,30,31). The molecule has 1 unspecified atom stereocenters. The third-order valence-corrected chi connectivity index (χ3v) is 5.81. The predicted molar refractivity (Wildman–Crippen MR) is 127 cm³/mol. The molecule has 0 saturated heterocycles. The first kappa shape index (κ1) is 23.1. The van der Waals surface area contributed by atoms with Crippen molar-refractivity contribution < 1.29 is 19.5 Å². The van der Waals surface area contributed by atoms with Crippen LogP contribution in [0.4, 0.5) is 11.4 Å². The highest BCUT2D eigenvalue weighted by molar-refractivity contribution is 8.00. The molecule has 0 aliphatic carbocycles. The molecule has 0 heterocycles. The molecule has 0 aliphatic heterocycles. The van der Waals surface area contributed by atoms with Crippen LogP contribution >= 0.6 is 11.8 Å². The molecule has 0 spiro atoms. The van der Waals surface area contributed by atoms with Gasteiger partial charge in [0.1, 0.15) is 5.25 Å². The van der Waals surface area contributed by atoms with Crippen molar-refractivity contribution in [3.8, 4) is 0 Å². The molecule has 3 aromatic rings. The second-order valence-corrected chi connectivity index (χ2v) is 8.29. The fraction of sp³-hybridized carbons (Fsp3) is 0.160. The van der Waals surface area contributed by atoms with Crippen LogP contribution in [0.25, 0.3) is 0 Å². The van der Waals surface area contributed by atoms with Gasteiger partial charge in [0.05, 0.1) is 5.56 Å². The minimum Gasteiger partial charge on any atom is -0.478 e. The van der Waals surface area contributed by atoms with Gasteiger partial charge in [0, 0.05) is 22.7 Å². The van der Waals surface area contributed by atoms with E-state index in [0.717, 1.165) is 16.9 Å². The van der Waals surface area contributed by atoms with Crippen LogP contribution in [0.1, 0.15) is 40.9 Å². The summed E-state index contributed by atoms with van der Waals surface area (Å²) in [5, 5.41) is 14.3. The average Bonchev–Trinajstić information content (AvgIpc) is 2.78. The molecule has 32 heavy (non-hydrogen) atoms. The van der Waals surface area contributed by atoms with Crippen molar-refractivity contribution in [2.75, 3.05) is 10.6 Å². The van der Waals surface area contributed by atoms with Crippen LogP contribution in [0.2, 0.25) is 0 Å². The SMILES string of the molecule is CCCC(=O)Nc1cccc(SC(C(=O)Nc2cccc(C(=O)O)c2)c2ccccc2)c1. The molecule has 7 heteroatoms. The Morgan fingerprint density at radius 3 is 2.25 bits per heavy atom. The third kappa shape index (κ3) is 6.46. The summed E-state index contributed by atoms with van der Waals surface area (Å²) in [6, 6.07) is 22.9. The largest absolute Gasteiger partial charge is 0.478 e. The molecular weight excluding hydrogens is 424 g/mol. The number of aromatic carboxylic acids is 1. The number of carboxylic acids is 1. The van der Waals surface area contributed by atoms with E-state index in [2.05, 4.69) is 10.6 Å². The number of anilines is 2. The molecular formula is C25H24N2O4S. The van der Waals surface area contributed by atoms with Gasteiger partial charge in [0.15, 0.2) is 0 Å². The monoisotopic (exact) mass is 448 g/mol. The lowest BCUT2D eigenvalue weighted by Crippen LogP contribution is -2.19. The maximum atomic E-state index is 13.2. The number of nitrogens with one attached hydrogen (secondary N) is 2. The van der Waals surface area contributed by atoms with Gasteiger partial charge in [-0.05, 0) is 48.4 Å². The highest BCUT2D eigenvalue weighted by Gasteiger charge is 2.22. The molecule has 3 aromatic carbocycles. The molecule has 0 aromatic heterocycles. The maximum Gasteiger partial charge on any atom is 0.335 e. The number of carbonyl (C=O) groups is 3. The fourth-order valence-electron chi connectivity index (χ4n) is 3.07. The van der Waals surface area contributed by atoms with Crippen molar-refractivity contribution in [2.24, 2.45) is 0 Å². The Morgan fingerprint density at radius 1 is 0.875 bits per heavy atom. The van der Waals surface area contributed by atoms with Crippen LogP contribution in [-0.2, 0) is 9.59 Å². The Morgan fingerprint density at radius 2 is 1.56 bits per heavy atom. The Hall–Kier alpha value is -3.58. The van der Waals surface area contributed by atoms with Crippen LogP contribution in [0.3, 0.4) is 0 Å². The van der Waals surface area contributed by atoms with Gasteiger partial charge in [-0.3, -0.25) is 9.59 Å². The molecule has 1 atom stereocenters. The van der Waals surface area contributed by atoms with E-state index in [0.29, 0.717) is 17.8 Å². The van der Waals surface area contributed by atoms with Crippen molar-refractivity contribution in [1.29, 1.82) is 0 Å².